The molecular weight excluding hydrogens is 334 g/mol. The molecule has 0 N–H and O–H groups in total. The first-order valence-electron chi connectivity index (χ1n) is 11.6. The average Bonchev–Trinajstić information content (AvgIpc) is 2.96. The summed E-state index contributed by atoms with van der Waals surface area (Å²) in [4.78, 5) is 17.6. The number of carbonyl (C=O) groups is 1. The van der Waals surface area contributed by atoms with Crippen LogP contribution in [0.1, 0.15) is 85.0 Å². The predicted molar refractivity (Wildman–Crippen MR) is 109 cm³/mol. The van der Waals surface area contributed by atoms with Gasteiger partial charge in [0, 0.05) is 13.5 Å². The highest BCUT2D eigenvalue weighted by atomic mass is 16.7. The molecular formula is C24H41NO2. The Kier molecular flexibility index (Phi) is 5.15. The molecule has 0 aliphatic heterocycles. The molecule has 3 heteroatoms. The summed E-state index contributed by atoms with van der Waals surface area (Å²) in [5.74, 6) is 5.48. The molecule has 27 heavy (non-hydrogen) atoms. The minimum Gasteiger partial charge on any atom is -0.275 e. The van der Waals surface area contributed by atoms with E-state index in [9.17, 15) is 4.79 Å². The van der Waals surface area contributed by atoms with Gasteiger partial charge in [-0.05, 0) is 104 Å². The van der Waals surface area contributed by atoms with Crippen LogP contribution in [0.25, 0.3) is 0 Å². The molecule has 0 heterocycles. The summed E-state index contributed by atoms with van der Waals surface area (Å²) < 4.78 is 0. The molecule has 0 aromatic carbocycles. The Labute approximate surface area is 166 Å². The van der Waals surface area contributed by atoms with Gasteiger partial charge in [-0.15, -0.1) is 0 Å². The highest BCUT2D eigenvalue weighted by Gasteiger charge is 2.57. The Morgan fingerprint density at radius 2 is 1.70 bits per heavy atom. The zero-order valence-corrected chi connectivity index (χ0v) is 18.3. The molecule has 3 nitrogen and oxygen atoms in total. The summed E-state index contributed by atoms with van der Waals surface area (Å²) >= 11 is 0. The number of hydrogen-bond donors (Lipinski definition) is 0. The summed E-state index contributed by atoms with van der Waals surface area (Å²) in [5.41, 5.74) is 0.954. The SMILES string of the molecule is CON(C)C(=O)C[C@H]1CC[C@H]2[C@@H]3CC[C@@H]4CC(C)(C)CC[C@@H]4[C@H]3CC[C@]12C. The van der Waals surface area contributed by atoms with Crippen molar-refractivity contribution in [2.75, 3.05) is 14.2 Å². The third-order valence-electron chi connectivity index (χ3n) is 9.73. The molecule has 0 unspecified atom stereocenters. The maximum atomic E-state index is 12.5. The minimum absolute atomic E-state index is 0.157. The number of carbonyl (C=O) groups excluding carboxylic acids is 1. The average molecular weight is 376 g/mol. The van der Waals surface area contributed by atoms with Crippen molar-refractivity contribution in [2.24, 2.45) is 46.3 Å². The summed E-state index contributed by atoms with van der Waals surface area (Å²) in [7, 11) is 3.34. The lowest BCUT2D eigenvalue weighted by atomic mass is 9.48. The van der Waals surface area contributed by atoms with E-state index in [2.05, 4.69) is 20.8 Å². The third-order valence-corrected chi connectivity index (χ3v) is 9.73. The topological polar surface area (TPSA) is 29.5 Å². The van der Waals surface area contributed by atoms with Crippen LogP contribution in [-0.4, -0.2) is 25.1 Å². The van der Waals surface area contributed by atoms with Crippen molar-refractivity contribution < 1.29 is 9.63 Å². The fourth-order valence-corrected chi connectivity index (χ4v) is 8.19. The minimum atomic E-state index is 0.157. The lowest BCUT2D eigenvalue weighted by molar-refractivity contribution is -0.171. The number of fused-ring (bicyclic) bond motifs is 5. The van der Waals surface area contributed by atoms with Crippen LogP contribution < -0.4 is 0 Å². The molecule has 0 aromatic heterocycles. The van der Waals surface area contributed by atoms with Crippen molar-refractivity contribution in [2.45, 2.75) is 85.0 Å². The number of hydrogen-bond acceptors (Lipinski definition) is 2. The van der Waals surface area contributed by atoms with Gasteiger partial charge in [-0.25, -0.2) is 5.06 Å². The second kappa shape index (κ2) is 7.04. The lowest BCUT2D eigenvalue weighted by Crippen LogP contribution is -2.49. The van der Waals surface area contributed by atoms with Gasteiger partial charge in [0.2, 0.25) is 5.91 Å². The first kappa shape index (κ1) is 19.7. The largest absolute Gasteiger partial charge is 0.275 e. The molecule has 4 aliphatic carbocycles. The monoisotopic (exact) mass is 375 g/mol. The summed E-state index contributed by atoms with van der Waals surface area (Å²) in [6.45, 7) is 7.51. The molecule has 0 spiro atoms. The molecule has 0 bridgehead atoms. The normalized spacial score (nSPS) is 45.5. The Bertz CT molecular complexity index is 573. The molecule has 4 aliphatic rings. The number of rotatable bonds is 3. The number of nitrogens with zero attached hydrogens (tertiary/aromatic N) is 1. The van der Waals surface area contributed by atoms with E-state index in [4.69, 9.17) is 4.84 Å². The highest BCUT2D eigenvalue weighted by molar-refractivity contribution is 5.75. The number of hydroxylamine groups is 2. The molecule has 0 aromatic rings. The predicted octanol–water partition coefficient (Wildman–Crippen LogP) is 5.69. The zero-order valence-electron chi connectivity index (χ0n) is 18.3. The van der Waals surface area contributed by atoms with Gasteiger partial charge >= 0.3 is 0 Å². The Morgan fingerprint density at radius 3 is 2.44 bits per heavy atom. The lowest BCUT2D eigenvalue weighted by Gasteiger charge is -2.57. The van der Waals surface area contributed by atoms with E-state index in [1.54, 1.807) is 14.2 Å². The standard InChI is InChI=1S/C24H41NO2/c1-23(2)12-10-18-16(15-23)6-8-20-19(18)11-13-24(3)17(7-9-21(20)24)14-22(26)25(4)27-5/h16-21H,6-15H2,1-5H3/t16-,17-,18+,19-,20-,21+,24-/m1/s1. The van der Waals surface area contributed by atoms with E-state index < -0.39 is 0 Å². The maximum Gasteiger partial charge on any atom is 0.246 e. The molecule has 4 rings (SSSR count). The van der Waals surface area contributed by atoms with Crippen molar-refractivity contribution >= 4 is 5.91 Å². The second-order valence-electron chi connectivity index (χ2n) is 11.4. The van der Waals surface area contributed by atoms with E-state index in [1.165, 1.54) is 62.9 Å². The van der Waals surface area contributed by atoms with Crippen molar-refractivity contribution in [3.63, 3.8) is 0 Å². The summed E-state index contributed by atoms with van der Waals surface area (Å²) in [6, 6.07) is 0. The van der Waals surface area contributed by atoms with Crippen LogP contribution in [0.5, 0.6) is 0 Å². The van der Waals surface area contributed by atoms with Gasteiger partial charge in [0.25, 0.3) is 0 Å². The van der Waals surface area contributed by atoms with Gasteiger partial charge in [0.05, 0.1) is 7.11 Å². The van der Waals surface area contributed by atoms with E-state index in [1.807, 2.05) is 0 Å². The Hall–Kier alpha value is -0.570. The van der Waals surface area contributed by atoms with Crippen molar-refractivity contribution in [1.82, 2.24) is 5.06 Å². The quantitative estimate of drug-likeness (QED) is 0.593. The van der Waals surface area contributed by atoms with Crippen LogP contribution in [0.4, 0.5) is 0 Å². The third kappa shape index (κ3) is 3.36. The second-order valence-corrected chi connectivity index (χ2v) is 11.4. The highest BCUT2D eigenvalue weighted by Crippen LogP contribution is 2.65. The summed E-state index contributed by atoms with van der Waals surface area (Å²) in [6.07, 6.45) is 13.3. The fraction of sp³-hybridized carbons (Fsp3) is 0.958. The van der Waals surface area contributed by atoms with Crippen molar-refractivity contribution in [3.05, 3.63) is 0 Å². The van der Waals surface area contributed by atoms with Gasteiger partial charge in [0.15, 0.2) is 0 Å². The molecule has 0 radical (unpaired) electrons. The molecule has 4 saturated carbocycles. The van der Waals surface area contributed by atoms with E-state index in [0.29, 0.717) is 23.2 Å². The van der Waals surface area contributed by atoms with E-state index in [0.717, 1.165) is 29.6 Å². The van der Waals surface area contributed by atoms with Gasteiger partial charge in [-0.2, -0.15) is 0 Å². The Morgan fingerprint density at radius 1 is 0.963 bits per heavy atom. The first-order valence-corrected chi connectivity index (χ1v) is 11.6. The van der Waals surface area contributed by atoms with Crippen LogP contribution >= 0.6 is 0 Å². The molecule has 1 amide bonds. The van der Waals surface area contributed by atoms with Crippen LogP contribution in [0.15, 0.2) is 0 Å². The van der Waals surface area contributed by atoms with Gasteiger partial charge < -0.3 is 0 Å². The maximum absolute atomic E-state index is 12.5. The van der Waals surface area contributed by atoms with Crippen molar-refractivity contribution in [3.8, 4) is 0 Å². The van der Waals surface area contributed by atoms with Gasteiger partial charge in [-0.3, -0.25) is 9.63 Å². The van der Waals surface area contributed by atoms with Gasteiger partial charge in [0.1, 0.15) is 0 Å². The van der Waals surface area contributed by atoms with Crippen LogP contribution in [0.3, 0.4) is 0 Å². The van der Waals surface area contributed by atoms with E-state index in [-0.39, 0.29) is 5.91 Å². The molecule has 0 saturated heterocycles. The van der Waals surface area contributed by atoms with Crippen molar-refractivity contribution in [1.29, 1.82) is 0 Å². The van der Waals surface area contributed by atoms with Crippen LogP contribution in [-0.2, 0) is 9.63 Å². The smallest absolute Gasteiger partial charge is 0.246 e. The zero-order chi connectivity index (χ0) is 19.4. The van der Waals surface area contributed by atoms with Crippen LogP contribution in [0, 0.1) is 46.3 Å². The summed E-state index contributed by atoms with van der Waals surface area (Å²) in [5, 5.41) is 1.43. The van der Waals surface area contributed by atoms with Gasteiger partial charge in [-0.1, -0.05) is 20.8 Å². The molecule has 4 fully saturated rings. The molecule has 154 valence electrons. The van der Waals surface area contributed by atoms with Crippen LogP contribution in [0.2, 0.25) is 0 Å². The first-order chi connectivity index (χ1) is 12.7. The van der Waals surface area contributed by atoms with E-state index >= 15 is 0 Å². The fourth-order valence-electron chi connectivity index (χ4n) is 8.19. The Balaban J connectivity index is 1.47. The number of amides is 1. The molecule has 7 atom stereocenters.